The van der Waals surface area contributed by atoms with Crippen LogP contribution in [0.1, 0.15) is 25.7 Å². The molecule has 0 saturated heterocycles. The van der Waals surface area contributed by atoms with Gasteiger partial charge in [0.25, 0.3) is 0 Å². The van der Waals surface area contributed by atoms with Crippen LogP contribution in [-0.4, -0.2) is 5.11 Å². The fraction of sp³-hybridized carbons (Fsp3) is 0.714. The minimum Gasteiger partial charge on any atom is -0.512 e. The molecule has 1 heteroatoms. The zero-order valence-electron chi connectivity index (χ0n) is 4.85. The summed E-state index contributed by atoms with van der Waals surface area (Å²) in [7, 11) is 0. The predicted molar refractivity (Wildman–Crippen MR) is 31.6 cm³/mol. The van der Waals surface area contributed by atoms with Gasteiger partial charge in [0.05, 0.1) is 5.76 Å². The van der Waals surface area contributed by atoms with E-state index in [-0.39, 0.29) is 0 Å². The van der Waals surface area contributed by atoms with E-state index in [9.17, 15) is 0 Å². The van der Waals surface area contributed by atoms with E-state index in [1.807, 2.05) is 0 Å². The van der Waals surface area contributed by atoms with E-state index in [4.69, 9.17) is 5.11 Å². The van der Waals surface area contributed by atoms with Crippen LogP contribution in [0.5, 0.6) is 0 Å². The van der Waals surface area contributed by atoms with Gasteiger partial charge in [0.15, 0.2) is 0 Å². The topological polar surface area (TPSA) is 20.2 Å². The Morgan fingerprint density at radius 2 is 2.38 bits per heavy atom. The molecule has 1 nitrogen and oxygen atoms in total. The smallest absolute Gasteiger partial charge is 0.0917 e. The average Bonchev–Trinajstić information content (AvgIpc) is 2.45. The molecule has 1 N–H and O–H groups in total. The lowest BCUT2D eigenvalue weighted by atomic mass is 10.1. The van der Waals surface area contributed by atoms with Crippen molar-refractivity contribution < 1.29 is 5.11 Å². The van der Waals surface area contributed by atoms with E-state index in [1.54, 1.807) is 0 Å². The predicted octanol–water partition coefficient (Wildman–Crippen LogP) is 2.00. The Bertz CT molecular complexity index is 146. The number of hydrogen-bond donors (Lipinski definition) is 1. The lowest BCUT2D eigenvalue weighted by Gasteiger charge is -2.03. The first kappa shape index (κ1) is 4.42. The van der Waals surface area contributed by atoms with E-state index >= 15 is 0 Å². The van der Waals surface area contributed by atoms with Crippen LogP contribution in [0, 0.1) is 5.92 Å². The summed E-state index contributed by atoms with van der Waals surface area (Å²) >= 11 is 0. The molecule has 0 amide bonds. The Balaban J connectivity index is 2.25. The van der Waals surface area contributed by atoms with Gasteiger partial charge in [-0.1, -0.05) is 0 Å². The largest absolute Gasteiger partial charge is 0.512 e. The van der Waals surface area contributed by atoms with Gasteiger partial charge in [0, 0.05) is 6.42 Å². The molecule has 0 radical (unpaired) electrons. The van der Waals surface area contributed by atoms with Crippen molar-refractivity contribution in [1.82, 2.24) is 0 Å². The Kier molecular flexibility index (Phi) is 0.706. The Labute approximate surface area is 49.0 Å². The Morgan fingerprint density at radius 3 is 3.00 bits per heavy atom. The van der Waals surface area contributed by atoms with Crippen molar-refractivity contribution in [1.29, 1.82) is 0 Å². The number of allylic oxidation sites excluding steroid dienone is 2. The lowest BCUT2D eigenvalue weighted by Crippen LogP contribution is -1.90. The van der Waals surface area contributed by atoms with E-state index in [0.29, 0.717) is 5.76 Å². The van der Waals surface area contributed by atoms with Crippen molar-refractivity contribution in [2.24, 2.45) is 5.92 Å². The van der Waals surface area contributed by atoms with E-state index in [1.165, 1.54) is 24.8 Å². The third-order valence-corrected chi connectivity index (χ3v) is 2.14. The Hall–Kier alpha value is -0.460. The molecule has 0 aromatic heterocycles. The SMILES string of the molecule is OC1=C2CC2CCC1. The van der Waals surface area contributed by atoms with Crippen LogP contribution in [0.15, 0.2) is 11.3 Å². The molecule has 2 aliphatic carbocycles. The van der Waals surface area contributed by atoms with Crippen LogP contribution in [0.2, 0.25) is 0 Å². The average molecular weight is 110 g/mol. The monoisotopic (exact) mass is 110 g/mol. The highest BCUT2D eigenvalue weighted by molar-refractivity contribution is 5.28. The fourth-order valence-electron chi connectivity index (χ4n) is 1.51. The summed E-state index contributed by atoms with van der Waals surface area (Å²) in [5, 5.41) is 9.10. The molecule has 1 fully saturated rings. The van der Waals surface area contributed by atoms with Crippen molar-refractivity contribution >= 4 is 0 Å². The molecule has 44 valence electrons. The molecular formula is C7H10O. The van der Waals surface area contributed by atoms with Gasteiger partial charge in [0.2, 0.25) is 0 Å². The van der Waals surface area contributed by atoms with Crippen molar-refractivity contribution in [2.75, 3.05) is 0 Å². The zero-order chi connectivity index (χ0) is 5.56. The summed E-state index contributed by atoms with van der Waals surface area (Å²) < 4.78 is 0. The standard InChI is InChI=1S/C7H10O/c8-7-3-1-2-5-4-6(5)7/h5,8H,1-4H2. The summed E-state index contributed by atoms with van der Waals surface area (Å²) in [4.78, 5) is 0. The summed E-state index contributed by atoms with van der Waals surface area (Å²) in [6, 6.07) is 0. The van der Waals surface area contributed by atoms with Crippen molar-refractivity contribution in [2.45, 2.75) is 25.7 Å². The third kappa shape index (κ3) is 0.473. The highest BCUT2D eigenvalue weighted by Crippen LogP contribution is 2.47. The highest BCUT2D eigenvalue weighted by atomic mass is 16.3. The minimum atomic E-state index is 0.709. The highest BCUT2D eigenvalue weighted by Gasteiger charge is 2.35. The zero-order valence-corrected chi connectivity index (χ0v) is 4.85. The summed E-state index contributed by atoms with van der Waals surface area (Å²) in [6.45, 7) is 0. The maximum Gasteiger partial charge on any atom is 0.0917 e. The van der Waals surface area contributed by atoms with Crippen LogP contribution in [0.4, 0.5) is 0 Å². The van der Waals surface area contributed by atoms with E-state index in [0.717, 1.165) is 12.3 Å². The van der Waals surface area contributed by atoms with Gasteiger partial charge in [-0.15, -0.1) is 0 Å². The van der Waals surface area contributed by atoms with Gasteiger partial charge >= 0.3 is 0 Å². The van der Waals surface area contributed by atoms with Gasteiger partial charge in [0.1, 0.15) is 0 Å². The van der Waals surface area contributed by atoms with Crippen LogP contribution in [0.3, 0.4) is 0 Å². The van der Waals surface area contributed by atoms with Gasteiger partial charge in [-0.05, 0) is 30.8 Å². The molecule has 1 atom stereocenters. The summed E-state index contributed by atoms with van der Waals surface area (Å²) in [6.07, 6.45) is 4.69. The maximum absolute atomic E-state index is 9.10. The van der Waals surface area contributed by atoms with Gasteiger partial charge in [-0.2, -0.15) is 0 Å². The molecule has 2 aliphatic rings. The van der Waals surface area contributed by atoms with Crippen LogP contribution in [-0.2, 0) is 0 Å². The molecule has 0 heterocycles. The normalized spacial score (nSPS) is 34.8. The number of rotatable bonds is 0. The molecule has 0 aromatic rings. The fourth-order valence-corrected chi connectivity index (χ4v) is 1.51. The van der Waals surface area contributed by atoms with Gasteiger partial charge in [-0.25, -0.2) is 0 Å². The van der Waals surface area contributed by atoms with Gasteiger partial charge < -0.3 is 5.11 Å². The quantitative estimate of drug-likeness (QED) is 0.505. The van der Waals surface area contributed by atoms with Crippen LogP contribution in [0.25, 0.3) is 0 Å². The molecule has 0 bridgehead atoms. The lowest BCUT2D eigenvalue weighted by molar-refractivity contribution is 0.367. The first-order chi connectivity index (χ1) is 3.88. The molecule has 0 aromatic carbocycles. The van der Waals surface area contributed by atoms with Gasteiger partial charge in [-0.3, -0.25) is 0 Å². The molecule has 1 saturated carbocycles. The second-order valence-corrected chi connectivity index (χ2v) is 2.77. The summed E-state index contributed by atoms with van der Waals surface area (Å²) in [5.41, 5.74) is 1.36. The molecular weight excluding hydrogens is 100 g/mol. The molecule has 2 rings (SSSR count). The third-order valence-electron chi connectivity index (χ3n) is 2.14. The number of hydrogen-bond acceptors (Lipinski definition) is 1. The summed E-state index contributed by atoms with van der Waals surface area (Å²) in [5.74, 6) is 1.52. The van der Waals surface area contributed by atoms with E-state index < -0.39 is 0 Å². The molecule has 0 spiro atoms. The Morgan fingerprint density at radius 1 is 1.50 bits per heavy atom. The minimum absolute atomic E-state index is 0.709. The van der Waals surface area contributed by atoms with Crippen molar-refractivity contribution in [3.05, 3.63) is 11.3 Å². The number of aliphatic hydroxyl groups excluding tert-OH is 1. The second kappa shape index (κ2) is 1.28. The first-order valence-electron chi connectivity index (χ1n) is 3.29. The maximum atomic E-state index is 9.10. The molecule has 1 unspecified atom stereocenters. The van der Waals surface area contributed by atoms with Crippen LogP contribution >= 0.6 is 0 Å². The number of aliphatic hydroxyl groups is 1. The molecule has 8 heavy (non-hydrogen) atoms. The van der Waals surface area contributed by atoms with Crippen molar-refractivity contribution in [3.63, 3.8) is 0 Å². The van der Waals surface area contributed by atoms with Crippen LogP contribution < -0.4 is 0 Å². The number of fused-ring (bicyclic) bond motifs is 1. The first-order valence-corrected chi connectivity index (χ1v) is 3.29. The molecule has 0 aliphatic heterocycles. The van der Waals surface area contributed by atoms with Crippen molar-refractivity contribution in [3.8, 4) is 0 Å². The van der Waals surface area contributed by atoms with E-state index in [2.05, 4.69) is 0 Å². The second-order valence-electron chi connectivity index (χ2n) is 2.77.